The lowest BCUT2D eigenvalue weighted by atomic mass is 9.42. The fourth-order valence-corrected chi connectivity index (χ4v) is 9.82. The average molecular weight is 519 g/mol. The Bertz CT molecular complexity index is 894. The second-order valence-electron chi connectivity index (χ2n) is 13.0. The highest BCUT2D eigenvalue weighted by Crippen LogP contribution is 2.69. The average Bonchev–Trinajstić information content (AvgIpc) is 3.20. The first-order chi connectivity index (χ1) is 17.7. The van der Waals surface area contributed by atoms with Gasteiger partial charge in [-0.05, 0) is 80.0 Å². The monoisotopic (exact) mass is 518 g/mol. The zero-order valence-corrected chi connectivity index (χ0v) is 23.2. The molecule has 9 atom stereocenters. The van der Waals surface area contributed by atoms with E-state index in [0.717, 1.165) is 19.3 Å². The summed E-state index contributed by atoms with van der Waals surface area (Å²) in [4.78, 5) is 34.7. The van der Waals surface area contributed by atoms with E-state index in [1.165, 1.54) is 38.5 Å². The van der Waals surface area contributed by atoms with Crippen LogP contribution in [-0.4, -0.2) is 35.4 Å². The van der Waals surface area contributed by atoms with Gasteiger partial charge in [-0.15, -0.1) is 0 Å². The van der Waals surface area contributed by atoms with Gasteiger partial charge in [0.1, 0.15) is 11.8 Å². The van der Waals surface area contributed by atoms with E-state index >= 15 is 0 Å². The number of ether oxygens (including phenoxy) is 2. The molecule has 4 rings (SSSR count). The lowest BCUT2D eigenvalue weighted by Crippen LogP contribution is -2.68. The fourth-order valence-electron chi connectivity index (χ4n) is 9.82. The van der Waals surface area contributed by atoms with Crippen molar-refractivity contribution in [3.8, 4) is 0 Å². The van der Waals surface area contributed by atoms with Gasteiger partial charge >= 0.3 is 0 Å². The standard InChI is InChI=1S/C29H46N2O6/c1-5-6-7-8-9-20(2)23-10-11-24-22-16-26(30-31(34)35)29(37-19-33)17-21(36-18-32)12-15-28(29,4)25(22)13-14-27(23,24)3/h18-25H,5-17H2,1-4H3/b30-26+/t20?,21-,22-,23+,24-,25-,27+,28+,29-/m0/s1. The van der Waals surface area contributed by atoms with E-state index in [2.05, 4.69) is 32.8 Å². The van der Waals surface area contributed by atoms with Gasteiger partial charge < -0.3 is 9.47 Å². The lowest BCUT2D eigenvalue weighted by Gasteiger charge is -2.64. The Balaban J connectivity index is 1.66. The molecule has 37 heavy (non-hydrogen) atoms. The third-order valence-corrected chi connectivity index (χ3v) is 11.5. The molecular weight excluding hydrogens is 472 g/mol. The highest BCUT2D eigenvalue weighted by atomic mass is 16.7. The normalized spacial score (nSPS) is 42.7. The Morgan fingerprint density at radius 1 is 1.08 bits per heavy atom. The molecule has 0 saturated heterocycles. The van der Waals surface area contributed by atoms with Gasteiger partial charge in [-0.1, -0.05) is 59.8 Å². The van der Waals surface area contributed by atoms with E-state index in [1.54, 1.807) is 0 Å². The van der Waals surface area contributed by atoms with Crippen molar-refractivity contribution < 1.29 is 24.1 Å². The molecule has 8 nitrogen and oxygen atoms in total. The Morgan fingerprint density at radius 2 is 1.86 bits per heavy atom. The predicted molar refractivity (Wildman–Crippen MR) is 140 cm³/mol. The molecule has 0 heterocycles. The maximum atomic E-state index is 11.8. The minimum absolute atomic E-state index is 0.227. The number of hydrogen-bond acceptors (Lipinski definition) is 6. The van der Waals surface area contributed by atoms with Gasteiger partial charge in [0.25, 0.3) is 12.9 Å². The molecule has 0 aliphatic heterocycles. The van der Waals surface area contributed by atoms with E-state index in [4.69, 9.17) is 9.47 Å². The SMILES string of the molecule is CCCCCCC(C)[C@H]1CC[C@H]2[C@@H]3C/C(=N\[N+](=O)[O-])[C@@]4(OC=O)C[C@@H](OC=O)CC[C@]4(C)[C@H]3CC[C@]12C. The number of rotatable bonds is 11. The molecule has 4 fully saturated rings. The minimum Gasteiger partial charge on any atom is -0.464 e. The summed E-state index contributed by atoms with van der Waals surface area (Å²) in [5.74, 6) is 2.42. The predicted octanol–water partition coefficient (Wildman–Crippen LogP) is 6.33. The highest BCUT2D eigenvalue weighted by molar-refractivity contribution is 5.95. The number of nitrogens with zero attached hydrogens (tertiary/aromatic N) is 2. The van der Waals surface area contributed by atoms with Crippen molar-refractivity contribution in [2.75, 3.05) is 0 Å². The second kappa shape index (κ2) is 11.0. The van der Waals surface area contributed by atoms with Crippen LogP contribution in [0.3, 0.4) is 0 Å². The van der Waals surface area contributed by atoms with Crippen LogP contribution in [-0.2, 0) is 19.1 Å². The van der Waals surface area contributed by atoms with Crippen molar-refractivity contribution >= 4 is 18.7 Å². The first kappa shape index (κ1) is 28.0. The first-order valence-corrected chi connectivity index (χ1v) is 14.6. The number of carbonyl (C=O) groups is 2. The molecule has 4 aliphatic rings. The maximum absolute atomic E-state index is 11.8. The van der Waals surface area contributed by atoms with Gasteiger partial charge in [0, 0.05) is 11.8 Å². The summed E-state index contributed by atoms with van der Waals surface area (Å²) in [6.07, 6.45) is 12.6. The molecule has 0 amide bonds. The quantitative estimate of drug-likeness (QED) is 0.137. The molecule has 208 valence electrons. The molecule has 1 unspecified atom stereocenters. The number of carbonyl (C=O) groups excluding carboxylic acids is 2. The molecule has 0 aromatic rings. The maximum Gasteiger partial charge on any atom is 0.294 e. The van der Waals surface area contributed by atoms with E-state index in [-0.39, 0.29) is 23.7 Å². The highest BCUT2D eigenvalue weighted by Gasteiger charge is 2.69. The summed E-state index contributed by atoms with van der Waals surface area (Å²) in [6.45, 7) is 10.2. The van der Waals surface area contributed by atoms with Crippen molar-refractivity contribution in [1.82, 2.24) is 0 Å². The minimum atomic E-state index is -1.22. The number of hydrazone groups is 1. The van der Waals surface area contributed by atoms with Gasteiger partial charge in [-0.2, -0.15) is 0 Å². The van der Waals surface area contributed by atoms with Crippen LogP contribution in [0.2, 0.25) is 0 Å². The van der Waals surface area contributed by atoms with Crippen LogP contribution < -0.4 is 0 Å². The molecule has 0 radical (unpaired) electrons. The molecule has 0 aromatic carbocycles. The zero-order valence-electron chi connectivity index (χ0n) is 23.2. The van der Waals surface area contributed by atoms with Gasteiger partial charge in [-0.3, -0.25) is 9.59 Å². The van der Waals surface area contributed by atoms with Crippen LogP contribution in [0.4, 0.5) is 0 Å². The van der Waals surface area contributed by atoms with Crippen LogP contribution >= 0.6 is 0 Å². The third-order valence-electron chi connectivity index (χ3n) is 11.5. The van der Waals surface area contributed by atoms with Gasteiger partial charge in [0.15, 0.2) is 10.6 Å². The molecule has 0 bridgehead atoms. The van der Waals surface area contributed by atoms with Gasteiger partial charge in [0.05, 0.1) is 5.10 Å². The fraction of sp³-hybridized carbons (Fsp3) is 0.897. The number of hydrogen-bond donors (Lipinski definition) is 0. The Morgan fingerprint density at radius 3 is 2.54 bits per heavy atom. The second-order valence-corrected chi connectivity index (χ2v) is 13.0. The number of fused-ring (bicyclic) bond motifs is 5. The Labute approximate surface area is 221 Å². The van der Waals surface area contributed by atoms with Crippen molar-refractivity contribution in [3.05, 3.63) is 10.1 Å². The molecule has 8 heteroatoms. The first-order valence-electron chi connectivity index (χ1n) is 14.6. The van der Waals surface area contributed by atoms with E-state index in [0.29, 0.717) is 55.7 Å². The number of unbranched alkanes of at least 4 members (excludes halogenated alkanes) is 3. The topological polar surface area (TPSA) is 108 Å². The van der Waals surface area contributed by atoms with Gasteiger partial charge in [0.2, 0.25) is 0 Å². The summed E-state index contributed by atoms with van der Waals surface area (Å²) in [6, 6.07) is 0. The summed E-state index contributed by atoms with van der Waals surface area (Å²) in [5.41, 5.74) is -1.12. The van der Waals surface area contributed by atoms with Gasteiger partial charge in [-0.25, -0.2) is 10.1 Å². The van der Waals surface area contributed by atoms with Crippen molar-refractivity contribution in [2.24, 2.45) is 45.5 Å². The van der Waals surface area contributed by atoms with Crippen LogP contribution in [0, 0.1) is 50.5 Å². The lowest BCUT2D eigenvalue weighted by molar-refractivity contribution is -0.486. The van der Waals surface area contributed by atoms with Crippen LogP contribution in [0.5, 0.6) is 0 Å². The van der Waals surface area contributed by atoms with Crippen LogP contribution in [0.15, 0.2) is 5.10 Å². The van der Waals surface area contributed by atoms with Crippen molar-refractivity contribution in [1.29, 1.82) is 0 Å². The Kier molecular flexibility index (Phi) is 8.34. The molecule has 4 saturated carbocycles. The molecule has 4 aliphatic carbocycles. The summed E-state index contributed by atoms with van der Waals surface area (Å²) < 4.78 is 11.2. The summed E-state index contributed by atoms with van der Waals surface area (Å²) in [7, 11) is 0. The zero-order chi connectivity index (χ0) is 26.8. The van der Waals surface area contributed by atoms with E-state index in [9.17, 15) is 19.7 Å². The van der Waals surface area contributed by atoms with Crippen LogP contribution in [0.1, 0.15) is 111 Å². The van der Waals surface area contributed by atoms with E-state index < -0.39 is 22.2 Å². The molecule has 0 spiro atoms. The van der Waals surface area contributed by atoms with E-state index in [1.807, 2.05) is 0 Å². The van der Waals surface area contributed by atoms with Crippen molar-refractivity contribution in [3.63, 3.8) is 0 Å². The number of nitro groups is 1. The third kappa shape index (κ3) is 4.71. The molecule has 0 N–H and O–H groups in total. The largest absolute Gasteiger partial charge is 0.464 e. The molecular formula is C29H46N2O6. The summed E-state index contributed by atoms with van der Waals surface area (Å²) in [5, 5.41) is 15.0. The van der Waals surface area contributed by atoms with Crippen molar-refractivity contribution in [2.45, 2.75) is 123 Å². The molecule has 0 aromatic heterocycles. The van der Waals surface area contributed by atoms with Crippen LogP contribution in [0.25, 0.3) is 0 Å². The smallest absolute Gasteiger partial charge is 0.294 e. The Hall–Kier alpha value is -1.99. The summed E-state index contributed by atoms with van der Waals surface area (Å²) >= 11 is 0.